The Balaban J connectivity index is 2.34. The number of nitrogens with two attached hydrogens (primary N) is 1. The summed E-state index contributed by atoms with van der Waals surface area (Å²) in [5.74, 6) is 0. The molecule has 2 N–H and O–H groups in total. The maximum absolute atomic E-state index is 6.12. The molecule has 1 heterocycles. The van der Waals surface area contributed by atoms with Gasteiger partial charge in [-0.15, -0.1) is 0 Å². The molecule has 3 nitrogen and oxygen atoms in total. The van der Waals surface area contributed by atoms with Crippen molar-refractivity contribution in [1.82, 2.24) is 9.88 Å². The van der Waals surface area contributed by atoms with Crippen LogP contribution in [0.15, 0.2) is 22.8 Å². The summed E-state index contributed by atoms with van der Waals surface area (Å²) < 4.78 is 1.01. The van der Waals surface area contributed by atoms with E-state index in [0.717, 1.165) is 42.6 Å². The van der Waals surface area contributed by atoms with Crippen molar-refractivity contribution in [2.75, 3.05) is 19.6 Å². The molecule has 1 unspecified atom stereocenters. The fourth-order valence-electron chi connectivity index (χ4n) is 1.79. The van der Waals surface area contributed by atoms with E-state index in [1.54, 1.807) is 0 Å². The van der Waals surface area contributed by atoms with Crippen LogP contribution in [-0.4, -0.2) is 35.6 Å². The second-order valence-electron chi connectivity index (χ2n) is 4.25. The van der Waals surface area contributed by atoms with Crippen LogP contribution >= 0.6 is 15.9 Å². The Morgan fingerprint density at radius 1 is 1.35 bits per heavy atom. The van der Waals surface area contributed by atoms with Gasteiger partial charge in [-0.3, -0.25) is 4.98 Å². The van der Waals surface area contributed by atoms with Crippen LogP contribution in [0.5, 0.6) is 0 Å². The van der Waals surface area contributed by atoms with E-state index < -0.39 is 0 Å². The molecule has 0 aromatic carbocycles. The van der Waals surface area contributed by atoms with E-state index in [4.69, 9.17) is 5.73 Å². The Morgan fingerprint density at radius 2 is 2.06 bits per heavy atom. The van der Waals surface area contributed by atoms with Crippen molar-refractivity contribution in [1.29, 1.82) is 0 Å². The summed E-state index contributed by atoms with van der Waals surface area (Å²) in [6.45, 7) is 7.64. The lowest BCUT2D eigenvalue weighted by Gasteiger charge is -2.20. The molecule has 17 heavy (non-hydrogen) atoms. The van der Waals surface area contributed by atoms with Gasteiger partial charge in [0.2, 0.25) is 0 Å². The standard InChI is InChI=1S/C13H22BrN3/c1-3-17(4-2)8-7-12(15)9-13-6-5-11(14)10-16-13/h5-6,10,12H,3-4,7-9,15H2,1-2H3. The predicted molar refractivity (Wildman–Crippen MR) is 76.0 cm³/mol. The summed E-state index contributed by atoms with van der Waals surface area (Å²) in [6.07, 6.45) is 3.71. The number of hydrogen-bond donors (Lipinski definition) is 1. The maximum atomic E-state index is 6.12. The highest BCUT2D eigenvalue weighted by Gasteiger charge is 2.07. The van der Waals surface area contributed by atoms with Crippen molar-refractivity contribution in [3.8, 4) is 0 Å². The summed E-state index contributed by atoms with van der Waals surface area (Å²) in [5, 5.41) is 0. The summed E-state index contributed by atoms with van der Waals surface area (Å²) >= 11 is 3.38. The molecular weight excluding hydrogens is 278 g/mol. The van der Waals surface area contributed by atoms with Gasteiger partial charge in [-0.2, -0.15) is 0 Å². The van der Waals surface area contributed by atoms with Gasteiger partial charge in [0, 0.05) is 28.8 Å². The monoisotopic (exact) mass is 299 g/mol. The fourth-order valence-corrected chi connectivity index (χ4v) is 2.02. The Kier molecular flexibility index (Phi) is 6.70. The highest BCUT2D eigenvalue weighted by molar-refractivity contribution is 9.10. The lowest BCUT2D eigenvalue weighted by Crippen LogP contribution is -2.31. The first-order valence-corrected chi connectivity index (χ1v) is 7.03. The molecule has 1 aromatic rings. The van der Waals surface area contributed by atoms with Crippen molar-refractivity contribution in [3.05, 3.63) is 28.5 Å². The van der Waals surface area contributed by atoms with Gasteiger partial charge in [-0.05, 0) is 54.1 Å². The summed E-state index contributed by atoms with van der Waals surface area (Å²) in [6, 6.07) is 4.24. The molecule has 0 bridgehead atoms. The minimum absolute atomic E-state index is 0.198. The molecule has 4 heteroatoms. The SMILES string of the molecule is CCN(CC)CCC(N)Cc1ccc(Br)cn1. The molecule has 0 aliphatic rings. The van der Waals surface area contributed by atoms with Gasteiger partial charge in [0.15, 0.2) is 0 Å². The molecule has 1 aromatic heterocycles. The van der Waals surface area contributed by atoms with Gasteiger partial charge < -0.3 is 10.6 Å². The topological polar surface area (TPSA) is 42.1 Å². The van der Waals surface area contributed by atoms with E-state index in [9.17, 15) is 0 Å². The van der Waals surface area contributed by atoms with Gasteiger partial charge in [0.05, 0.1) is 0 Å². The van der Waals surface area contributed by atoms with E-state index in [2.05, 4.69) is 39.7 Å². The summed E-state index contributed by atoms with van der Waals surface area (Å²) in [5.41, 5.74) is 7.19. The minimum Gasteiger partial charge on any atom is -0.327 e. The second kappa shape index (κ2) is 7.80. The average Bonchev–Trinajstić information content (AvgIpc) is 2.33. The summed E-state index contributed by atoms with van der Waals surface area (Å²) in [4.78, 5) is 6.74. The third-order valence-corrected chi connectivity index (χ3v) is 3.44. The van der Waals surface area contributed by atoms with Crippen molar-refractivity contribution < 1.29 is 0 Å². The fraction of sp³-hybridized carbons (Fsp3) is 0.615. The van der Waals surface area contributed by atoms with Crippen LogP contribution < -0.4 is 5.73 Å². The van der Waals surface area contributed by atoms with Crippen LogP contribution in [0.3, 0.4) is 0 Å². The molecule has 0 spiro atoms. The molecule has 1 rings (SSSR count). The second-order valence-corrected chi connectivity index (χ2v) is 5.16. The number of halogens is 1. The molecule has 0 radical (unpaired) electrons. The van der Waals surface area contributed by atoms with Crippen molar-refractivity contribution in [3.63, 3.8) is 0 Å². The van der Waals surface area contributed by atoms with Crippen LogP contribution in [0, 0.1) is 0 Å². The number of nitrogens with zero attached hydrogens (tertiary/aromatic N) is 2. The Bertz CT molecular complexity index is 309. The van der Waals surface area contributed by atoms with Gasteiger partial charge >= 0.3 is 0 Å². The number of aromatic nitrogens is 1. The third-order valence-electron chi connectivity index (χ3n) is 2.97. The average molecular weight is 300 g/mol. The van der Waals surface area contributed by atoms with Crippen molar-refractivity contribution >= 4 is 15.9 Å². The van der Waals surface area contributed by atoms with Crippen LogP contribution in [0.2, 0.25) is 0 Å². The maximum Gasteiger partial charge on any atom is 0.0419 e. The highest BCUT2D eigenvalue weighted by Crippen LogP contribution is 2.09. The van der Waals surface area contributed by atoms with Crippen molar-refractivity contribution in [2.45, 2.75) is 32.7 Å². The van der Waals surface area contributed by atoms with E-state index in [-0.39, 0.29) is 6.04 Å². The molecule has 1 atom stereocenters. The van der Waals surface area contributed by atoms with Crippen LogP contribution in [0.25, 0.3) is 0 Å². The molecular formula is C13H22BrN3. The normalized spacial score (nSPS) is 13.0. The van der Waals surface area contributed by atoms with Crippen LogP contribution in [-0.2, 0) is 6.42 Å². The molecule has 0 aliphatic carbocycles. The first-order chi connectivity index (χ1) is 8.15. The Labute approximate surface area is 113 Å². The smallest absolute Gasteiger partial charge is 0.0419 e. The zero-order valence-electron chi connectivity index (χ0n) is 10.7. The predicted octanol–water partition coefficient (Wildman–Crippen LogP) is 2.45. The van der Waals surface area contributed by atoms with E-state index in [0.29, 0.717) is 0 Å². The first-order valence-electron chi connectivity index (χ1n) is 6.24. The molecule has 0 amide bonds. The lowest BCUT2D eigenvalue weighted by molar-refractivity contribution is 0.289. The number of rotatable bonds is 7. The van der Waals surface area contributed by atoms with Gasteiger partial charge in [0.25, 0.3) is 0 Å². The Morgan fingerprint density at radius 3 is 2.59 bits per heavy atom. The van der Waals surface area contributed by atoms with Crippen LogP contribution in [0.1, 0.15) is 26.0 Å². The summed E-state index contributed by atoms with van der Waals surface area (Å²) in [7, 11) is 0. The van der Waals surface area contributed by atoms with E-state index >= 15 is 0 Å². The van der Waals surface area contributed by atoms with Gasteiger partial charge in [-0.1, -0.05) is 13.8 Å². The van der Waals surface area contributed by atoms with Crippen LogP contribution in [0.4, 0.5) is 0 Å². The minimum atomic E-state index is 0.198. The van der Waals surface area contributed by atoms with Gasteiger partial charge in [0.1, 0.15) is 0 Å². The molecule has 0 saturated heterocycles. The highest BCUT2D eigenvalue weighted by atomic mass is 79.9. The molecule has 96 valence electrons. The quantitative estimate of drug-likeness (QED) is 0.841. The number of pyridine rings is 1. The largest absolute Gasteiger partial charge is 0.327 e. The molecule has 0 fully saturated rings. The Hall–Kier alpha value is -0.450. The zero-order valence-corrected chi connectivity index (χ0v) is 12.3. The molecule has 0 aliphatic heterocycles. The number of hydrogen-bond acceptors (Lipinski definition) is 3. The van der Waals surface area contributed by atoms with E-state index in [1.807, 2.05) is 18.3 Å². The lowest BCUT2D eigenvalue weighted by atomic mass is 10.1. The first kappa shape index (κ1) is 14.6. The van der Waals surface area contributed by atoms with Crippen molar-refractivity contribution in [2.24, 2.45) is 5.73 Å². The zero-order chi connectivity index (χ0) is 12.7. The van der Waals surface area contributed by atoms with E-state index in [1.165, 1.54) is 0 Å². The molecule has 0 saturated carbocycles. The van der Waals surface area contributed by atoms with Gasteiger partial charge in [-0.25, -0.2) is 0 Å². The third kappa shape index (κ3) is 5.61.